The van der Waals surface area contributed by atoms with Crippen LogP contribution in [0.15, 0.2) is 60.8 Å². The highest BCUT2D eigenvalue weighted by Crippen LogP contribution is 2.27. The highest BCUT2D eigenvalue weighted by Gasteiger charge is 2.20. The maximum atomic E-state index is 10.5. The summed E-state index contributed by atoms with van der Waals surface area (Å²) in [5, 5.41) is 1.14. The molecule has 4 nitrogen and oxygen atoms in total. The Labute approximate surface area is 159 Å². The topological polar surface area (TPSA) is 42.4 Å². The minimum Gasteiger partial charge on any atom is -0.490 e. The van der Waals surface area contributed by atoms with Crippen molar-refractivity contribution in [2.75, 3.05) is 19.6 Å². The van der Waals surface area contributed by atoms with Gasteiger partial charge < -0.3 is 14.4 Å². The molecule has 0 amide bonds. The molecule has 27 heavy (non-hydrogen) atoms. The molecule has 2 aromatic carbocycles. The number of aldehydes is 1. The fourth-order valence-corrected chi connectivity index (χ4v) is 3.66. The Morgan fingerprint density at radius 2 is 1.89 bits per heavy atom. The van der Waals surface area contributed by atoms with Crippen LogP contribution in [0.3, 0.4) is 0 Å². The summed E-state index contributed by atoms with van der Waals surface area (Å²) in [5.74, 6) is 0.909. The molecule has 0 atom stereocenters. The lowest BCUT2D eigenvalue weighted by Crippen LogP contribution is -2.38. The first-order valence-corrected chi connectivity index (χ1v) is 9.60. The van der Waals surface area contributed by atoms with E-state index in [1.165, 1.54) is 0 Å². The Hall–Kier alpha value is -2.72. The summed E-state index contributed by atoms with van der Waals surface area (Å²) in [7, 11) is 0. The second-order valence-corrected chi connectivity index (χ2v) is 7.06. The zero-order chi connectivity index (χ0) is 18.5. The lowest BCUT2D eigenvalue weighted by molar-refractivity contribution is -0.108. The van der Waals surface area contributed by atoms with Crippen LogP contribution >= 0.6 is 0 Å². The van der Waals surface area contributed by atoms with Gasteiger partial charge in [0.15, 0.2) is 0 Å². The average Bonchev–Trinajstić information content (AvgIpc) is 2.73. The number of benzene rings is 2. The number of rotatable bonds is 6. The minimum atomic E-state index is 0.238. The van der Waals surface area contributed by atoms with Crippen molar-refractivity contribution in [3.63, 3.8) is 0 Å². The van der Waals surface area contributed by atoms with E-state index in [2.05, 4.69) is 34.1 Å². The van der Waals surface area contributed by atoms with Crippen LogP contribution in [0, 0.1) is 0 Å². The van der Waals surface area contributed by atoms with Crippen molar-refractivity contribution >= 4 is 17.2 Å². The number of hydrogen-bond donors (Lipinski definition) is 0. The maximum Gasteiger partial charge on any atom is 0.121 e. The molecule has 4 rings (SSSR count). The minimum absolute atomic E-state index is 0.238. The van der Waals surface area contributed by atoms with Gasteiger partial charge in [-0.3, -0.25) is 4.98 Å². The molecule has 0 bridgehead atoms. The van der Waals surface area contributed by atoms with Gasteiger partial charge in [0.1, 0.15) is 18.1 Å². The van der Waals surface area contributed by atoms with E-state index in [0.717, 1.165) is 66.5 Å². The second-order valence-electron chi connectivity index (χ2n) is 7.06. The standard InChI is InChI=1S/C23H24N2O2/c26-14-4-11-25-12-9-21(10-13-25)27-22-7-3-6-18(16-22)20-15-19-5-1-2-8-23(19)24-17-20/h1-3,5-8,14-17,21H,4,9-13H2. The summed E-state index contributed by atoms with van der Waals surface area (Å²) >= 11 is 0. The molecule has 0 saturated carbocycles. The zero-order valence-electron chi connectivity index (χ0n) is 15.4. The van der Waals surface area contributed by atoms with Crippen molar-refractivity contribution in [2.45, 2.75) is 25.4 Å². The molecule has 0 aliphatic carbocycles. The van der Waals surface area contributed by atoms with Crippen LogP contribution in [0.25, 0.3) is 22.0 Å². The molecule has 2 heterocycles. The van der Waals surface area contributed by atoms with Crippen LogP contribution in [0.5, 0.6) is 5.75 Å². The van der Waals surface area contributed by atoms with Crippen molar-refractivity contribution in [2.24, 2.45) is 0 Å². The molecular formula is C23H24N2O2. The number of pyridine rings is 1. The first kappa shape index (κ1) is 17.7. The Morgan fingerprint density at radius 3 is 2.74 bits per heavy atom. The monoisotopic (exact) mass is 360 g/mol. The largest absolute Gasteiger partial charge is 0.490 e. The van der Waals surface area contributed by atoms with Gasteiger partial charge in [0.2, 0.25) is 0 Å². The van der Waals surface area contributed by atoms with Crippen molar-refractivity contribution in [1.29, 1.82) is 0 Å². The molecule has 1 fully saturated rings. The predicted octanol–water partition coefficient (Wildman–Crippen LogP) is 4.33. The highest BCUT2D eigenvalue weighted by atomic mass is 16.5. The van der Waals surface area contributed by atoms with Crippen molar-refractivity contribution in [3.05, 3.63) is 60.8 Å². The van der Waals surface area contributed by atoms with Gasteiger partial charge in [0.05, 0.1) is 5.52 Å². The van der Waals surface area contributed by atoms with Gasteiger partial charge in [0.25, 0.3) is 0 Å². The van der Waals surface area contributed by atoms with Gasteiger partial charge in [0, 0.05) is 43.2 Å². The van der Waals surface area contributed by atoms with Crippen LogP contribution in [-0.2, 0) is 4.79 Å². The third-order valence-electron chi connectivity index (χ3n) is 5.16. The third-order valence-corrected chi connectivity index (χ3v) is 5.16. The zero-order valence-corrected chi connectivity index (χ0v) is 15.4. The molecule has 1 aliphatic rings. The highest BCUT2D eigenvalue weighted by molar-refractivity contribution is 5.83. The van der Waals surface area contributed by atoms with E-state index in [9.17, 15) is 4.79 Å². The molecule has 0 unspecified atom stereocenters. The molecule has 3 aromatic rings. The number of ether oxygens (including phenoxy) is 1. The number of hydrogen-bond acceptors (Lipinski definition) is 4. The maximum absolute atomic E-state index is 10.5. The number of aromatic nitrogens is 1. The summed E-state index contributed by atoms with van der Waals surface area (Å²) in [6.45, 7) is 2.85. The number of piperidine rings is 1. The smallest absolute Gasteiger partial charge is 0.121 e. The Kier molecular flexibility index (Phi) is 5.45. The molecule has 1 aliphatic heterocycles. The Bertz CT molecular complexity index is 917. The van der Waals surface area contributed by atoms with Crippen LogP contribution in [-0.4, -0.2) is 41.9 Å². The number of para-hydroxylation sites is 1. The van der Waals surface area contributed by atoms with Crippen LogP contribution in [0.2, 0.25) is 0 Å². The molecule has 1 aromatic heterocycles. The van der Waals surface area contributed by atoms with Crippen molar-refractivity contribution in [1.82, 2.24) is 9.88 Å². The summed E-state index contributed by atoms with van der Waals surface area (Å²) in [5.41, 5.74) is 3.23. The third kappa shape index (κ3) is 4.34. The molecule has 138 valence electrons. The Balaban J connectivity index is 1.44. The van der Waals surface area contributed by atoms with E-state index in [0.29, 0.717) is 6.42 Å². The Morgan fingerprint density at radius 1 is 1.04 bits per heavy atom. The lowest BCUT2D eigenvalue weighted by Gasteiger charge is -2.31. The van der Waals surface area contributed by atoms with Gasteiger partial charge in [-0.05, 0) is 42.7 Å². The fraction of sp³-hybridized carbons (Fsp3) is 0.304. The van der Waals surface area contributed by atoms with E-state index >= 15 is 0 Å². The normalized spacial score (nSPS) is 15.7. The predicted molar refractivity (Wildman–Crippen MR) is 108 cm³/mol. The van der Waals surface area contributed by atoms with E-state index in [-0.39, 0.29) is 6.10 Å². The van der Waals surface area contributed by atoms with E-state index in [4.69, 9.17) is 4.74 Å². The summed E-state index contributed by atoms with van der Waals surface area (Å²) in [6.07, 6.45) is 5.78. The molecule has 0 N–H and O–H groups in total. The van der Waals surface area contributed by atoms with Crippen molar-refractivity contribution < 1.29 is 9.53 Å². The van der Waals surface area contributed by atoms with Crippen molar-refractivity contribution in [3.8, 4) is 16.9 Å². The summed E-state index contributed by atoms with van der Waals surface area (Å²) < 4.78 is 6.24. The SMILES string of the molecule is O=CCCN1CCC(Oc2cccc(-c3cnc4ccccc4c3)c2)CC1. The molecule has 1 saturated heterocycles. The van der Waals surface area contributed by atoms with E-state index in [1.807, 2.05) is 36.5 Å². The number of carbonyl (C=O) groups excluding carboxylic acids is 1. The lowest BCUT2D eigenvalue weighted by atomic mass is 10.0. The second kappa shape index (κ2) is 8.31. The van der Waals surface area contributed by atoms with E-state index in [1.54, 1.807) is 0 Å². The summed E-state index contributed by atoms with van der Waals surface area (Å²) in [4.78, 5) is 17.4. The molecular weight excluding hydrogens is 336 g/mol. The molecule has 0 radical (unpaired) electrons. The quantitative estimate of drug-likeness (QED) is 0.614. The van der Waals surface area contributed by atoms with Crippen LogP contribution in [0.1, 0.15) is 19.3 Å². The summed E-state index contributed by atoms with van der Waals surface area (Å²) in [6, 6.07) is 18.6. The van der Waals surface area contributed by atoms with Gasteiger partial charge in [-0.2, -0.15) is 0 Å². The number of likely N-dealkylation sites (tertiary alicyclic amines) is 1. The van der Waals surface area contributed by atoms with Gasteiger partial charge in [-0.1, -0.05) is 30.3 Å². The number of nitrogens with zero attached hydrogens (tertiary/aromatic N) is 2. The van der Waals surface area contributed by atoms with Crippen LogP contribution < -0.4 is 4.74 Å². The molecule has 0 spiro atoms. The van der Waals surface area contributed by atoms with Crippen LogP contribution in [0.4, 0.5) is 0 Å². The average molecular weight is 360 g/mol. The first-order chi connectivity index (χ1) is 13.3. The van der Waals surface area contributed by atoms with E-state index < -0.39 is 0 Å². The number of carbonyl (C=O) groups is 1. The fourth-order valence-electron chi connectivity index (χ4n) is 3.66. The molecule has 4 heteroatoms. The first-order valence-electron chi connectivity index (χ1n) is 9.60. The number of fused-ring (bicyclic) bond motifs is 1. The van der Waals surface area contributed by atoms with Gasteiger partial charge >= 0.3 is 0 Å². The van der Waals surface area contributed by atoms with Gasteiger partial charge in [-0.15, -0.1) is 0 Å². The van der Waals surface area contributed by atoms with Gasteiger partial charge in [-0.25, -0.2) is 0 Å².